The fraction of sp³-hybridized carbons (Fsp3) is 0.250. The standard InChI is InChI=1S/C20H20N4O2S/c1-2-11-24-18(17-4-3-12-26-17)22-23-20(24)27-13-14-5-7-15(8-6-14)19(25)21-16-9-10-16/h2-8,12,16H,1,9-11,13H2,(H,21,25). The Morgan fingerprint density at radius 3 is 2.78 bits per heavy atom. The van der Waals surface area contributed by atoms with Crippen LogP contribution in [0.5, 0.6) is 0 Å². The summed E-state index contributed by atoms with van der Waals surface area (Å²) in [5, 5.41) is 12.4. The Labute approximate surface area is 161 Å². The van der Waals surface area contributed by atoms with Gasteiger partial charge in [-0.05, 0) is 42.7 Å². The third kappa shape index (κ3) is 4.14. The summed E-state index contributed by atoms with van der Waals surface area (Å²) in [5.41, 5.74) is 1.82. The van der Waals surface area contributed by atoms with Gasteiger partial charge in [0.1, 0.15) is 0 Å². The molecule has 1 fully saturated rings. The van der Waals surface area contributed by atoms with Crippen LogP contribution in [0.3, 0.4) is 0 Å². The molecule has 0 unspecified atom stereocenters. The molecule has 6 nitrogen and oxygen atoms in total. The lowest BCUT2D eigenvalue weighted by Gasteiger charge is -2.07. The number of hydrogen-bond acceptors (Lipinski definition) is 5. The van der Waals surface area contributed by atoms with Crippen molar-refractivity contribution < 1.29 is 9.21 Å². The van der Waals surface area contributed by atoms with Crippen molar-refractivity contribution in [1.29, 1.82) is 0 Å². The largest absolute Gasteiger partial charge is 0.461 e. The number of thioether (sulfide) groups is 1. The molecule has 1 aromatic carbocycles. The van der Waals surface area contributed by atoms with Crippen LogP contribution in [-0.4, -0.2) is 26.7 Å². The van der Waals surface area contributed by atoms with Crippen molar-refractivity contribution in [3.63, 3.8) is 0 Å². The molecule has 1 amide bonds. The van der Waals surface area contributed by atoms with Crippen molar-refractivity contribution >= 4 is 17.7 Å². The van der Waals surface area contributed by atoms with E-state index in [2.05, 4.69) is 22.1 Å². The van der Waals surface area contributed by atoms with Crippen LogP contribution >= 0.6 is 11.8 Å². The van der Waals surface area contributed by atoms with Gasteiger partial charge in [0.2, 0.25) is 5.82 Å². The van der Waals surface area contributed by atoms with Gasteiger partial charge in [-0.15, -0.1) is 16.8 Å². The van der Waals surface area contributed by atoms with E-state index in [0.717, 1.165) is 29.3 Å². The average molecular weight is 380 g/mol. The van der Waals surface area contributed by atoms with E-state index in [1.165, 1.54) is 0 Å². The molecule has 0 aliphatic heterocycles. The zero-order chi connectivity index (χ0) is 18.6. The molecule has 0 spiro atoms. The lowest BCUT2D eigenvalue weighted by molar-refractivity contribution is 0.0951. The van der Waals surface area contributed by atoms with Crippen molar-refractivity contribution in [2.24, 2.45) is 0 Å². The molecule has 2 heterocycles. The number of furan rings is 1. The molecule has 7 heteroatoms. The van der Waals surface area contributed by atoms with Crippen molar-refractivity contribution in [2.45, 2.75) is 36.3 Å². The van der Waals surface area contributed by atoms with E-state index < -0.39 is 0 Å². The highest BCUT2D eigenvalue weighted by molar-refractivity contribution is 7.98. The fourth-order valence-electron chi connectivity index (χ4n) is 2.67. The van der Waals surface area contributed by atoms with Crippen LogP contribution in [0.15, 0.2) is 64.9 Å². The Balaban J connectivity index is 1.43. The van der Waals surface area contributed by atoms with E-state index in [9.17, 15) is 4.79 Å². The number of carbonyl (C=O) groups is 1. The third-order valence-corrected chi connectivity index (χ3v) is 5.30. The molecule has 4 rings (SSSR count). The number of carbonyl (C=O) groups excluding carboxylic acids is 1. The zero-order valence-corrected chi connectivity index (χ0v) is 15.6. The molecule has 1 aliphatic carbocycles. The molecule has 27 heavy (non-hydrogen) atoms. The normalized spacial score (nSPS) is 13.5. The van der Waals surface area contributed by atoms with Crippen molar-refractivity contribution in [3.05, 3.63) is 66.4 Å². The average Bonchev–Trinajstić information content (AvgIpc) is 3.18. The minimum Gasteiger partial charge on any atom is -0.461 e. The van der Waals surface area contributed by atoms with Gasteiger partial charge in [0.15, 0.2) is 10.9 Å². The molecule has 0 radical (unpaired) electrons. The molecular weight excluding hydrogens is 360 g/mol. The summed E-state index contributed by atoms with van der Waals surface area (Å²) in [4.78, 5) is 12.1. The summed E-state index contributed by atoms with van der Waals surface area (Å²) in [6, 6.07) is 11.8. The molecule has 1 aliphatic rings. The van der Waals surface area contributed by atoms with Crippen LogP contribution < -0.4 is 5.32 Å². The highest BCUT2D eigenvalue weighted by atomic mass is 32.2. The van der Waals surface area contributed by atoms with Crippen LogP contribution in [0.1, 0.15) is 28.8 Å². The monoisotopic (exact) mass is 380 g/mol. The van der Waals surface area contributed by atoms with E-state index in [0.29, 0.717) is 29.7 Å². The number of rotatable bonds is 8. The second-order valence-electron chi connectivity index (χ2n) is 6.42. The summed E-state index contributed by atoms with van der Waals surface area (Å²) in [5.74, 6) is 2.11. The summed E-state index contributed by atoms with van der Waals surface area (Å²) < 4.78 is 7.43. The molecule has 138 valence electrons. The molecule has 2 aromatic heterocycles. The van der Waals surface area contributed by atoms with Crippen LogP contribution in [0.2, 0.25) is 0 Å². The highest BCUT2D eigenvalue weighted by Gasteiger charge is 2.23. The van der Waals surface area contributed by atoms with Gasteiger partial charge in [0.25, 0.3) is 5.91 Å². The number of nitrogens with one attached hydrogen (secondary N) is 1. The van der Waals surface area contributed by atoms with Gasteiger partial charge in [-0.3, -0.25) is 9.36 Å². The Kier molecular flexibility index (Phi) is 5.11. The van der Waals surface area contributed by atoms with Crippen LogP contribution in [-0.2, 0) is 12.3 Å². The van der Waals surface area contributed by atoms with Crippen LogP contribution in [0, 0.1) is 0 Å². The summed E-state index contributed by atoms with van der Waals surface area (Å²) in [6.07, 6.45) is 5.61. The van der Waals surface area contributed by atoms with Gasteiger partial charge in [0.05, 0.1) is 6.26 Å². The van der Waals surface area contributed by atoms with E-state index >= 15 is 0 Å². The predicted molar refractivity (Wildman–Crippen MR) is 104 cm³/mol. The smallest absolute Gasteiger partial charge is 0.251 e. The maximum atomic E-state index is 12.1. The Morgan fingerprint density at radius 1 is 1.30 bits per heavy atom. The van der Waals surface area contributed by atoms with E-state index in [-0.39, 0.29) is 5.91 Å². The van der Waals surface area contributed by atoms with Crippen molar-refractivity contribution in [1.82, 2.24) is 20.1 Å². The first-order valence-corrected chi connectivity index (χ1v) is 9.83. The van der Waals surface area contributed by atoms with Gasteiger partial charge in [-0.2, -0.15) is 0 Å². The SMILES string of the molecule is C=CCn1c(SCc2ccc(C(=O)NC3CC3)cc2)nnc1-c1ccco1. The lowest BCUT2D eigenvalue weighted by atomic mass is 10.1. The molecule has 0 atom stereocenters. The Bertz CT molecular complexity index is 928. The van der Waals surface area contributed by atoms with Gasteiger partial charge in [-0.25, -0.2) is 0 Å². The topological polar surface area (TPSA) is 73.0 Å². The number of hydrogen-bond donors (Lipinski definition) is 1. The second-order valence-corrected chi connectivity index (χ2v) is 7.36. The lowest BCUT2D eigenvalue weighted by Crippen LogP contribution is -2.25. The highest BCUT2D eigenvalue weighted by Crippen LogP contribution is 2.27. The zero-order valence-electron chi connectivity index (χ0n) is 14.8. The number of nitrogens with zero attached hydrogens (tertiary/aromatic N) is 3. The Morgan fingerprint density at radius 2 is 2.11 bits per heavy atom. The van der Waals surface area contributed by atoms with E-state index in [1.54, 1.807) is 18.0 Å². The molecular formula is C20H20N4O2S. The van der Waals surface area contributed by atoms with Crippen molar-refractivity contribution in [3.8, 4) is 11.6 Å². The maximum absolute atomic E-state index is 12.1. The van der Waals surface area contributed by atoms with Crippen molar-refractivity contribution in [2.75, 3.05) is 0 Å². The minimum absolute atomic E-state index is 0.00511. The van der Waals surface area contributed by atoms with Gasteiger partial charge >= 0.3 is 0 Å². The van der Waals surface area contributed by atoms with Crippen LogP contribution in [0.25, 0.3) is 11.6 Å². The quantitative estimate of drug-likeness (QED) is 0.474. The fourth-order valence-corrected chi connectivity index (χ4v) is 3.58. The number of amides is 1. The van der Waals surface area contributed by atoms with E-state index in [1.807, 2.05) is 47.0 Å². The number of benzene rings is 1. The number of aromatic nitrogens is 3. The number of allylic oxidation sites excluding steroid dienone is 1. The summed E-state index contributed by atoms with van der Waals surface area (Å²) in [6.45, 7) is 4.42. The molecule has 0 saturated heterocycles. The van der Waals surface area contributed by atoms with Gasteiger partial charge in [-0.1, -0.05) is 30.0 Å². The second kappa shape index (κ2) is 7.84. The van der Waals surface area contributed by atoms with Crippen LogP contribution in [0.4, 0.5) is 0 Å². The summed E-state index contributed by atoms with van der Waals surface area (Å²) in [7, 11) is 0. The Hall–Kier alpha value is -2.80. The molecule has 3 aromatic rings. The van der Waals surface area contributed by atoms with Gasteiger partial charge in [0, 0.05) is 23.9 Å². The van der Waals surface area contributed by atoms with E-state index in [4.69, 9.17) is 4.42 Å². The minimum atomic E-state index is 0.00511. The molecule has 1 N–H and O–H groups in total. The third-order valence-electron chi connectivity index (χ3n) is 4.27. The summed E-state index contributed by atoms with van der Waals surface area (Å²) >= 11 is 1.59. The maximum Gasteiger partial charge on any atom is 0.251 e. The molecule has 0 bridgehead atoms. The molecule has 1 saturated carbocycles. The predicted octanol–water partition coefficient (Wildman–Crippen LogP) is 3.91. The first-order chi connectivity index (χ1) is 13.2. The van der Waals surface area contributed by atoms with Gasteiger partial charge < -0.3 is 9.73 Å². The first-order valence-electron chi connectivity index (χ1n) is 8.85. The first kappa shape index (κ1) is 17.6.